The number of likely N-dealkylation sites (tertiary alicyclic amines) is 2. The van der Waals surface area contributed by atoms with Crippen molar-refractivity contribution in [1.29, 1.82) is 0 Å². The lowest BCUT2D eigenvalue weighted by Gasteiger charge is -2.47. The molecule has 9 heteroatoms. The molecule has 5 rings (SSSR count). The van der Waals surface area contributed by atoms with Crippen molar-refractivity contribution in [3.8, 4) is 0 Å². The molecule has 3 aromatic carbocycles. The second kappa shape index (κ2) is 11.4. The number of rotatable bonds is 8. The van der Waals surface area contributed by atoms with E-state index in [2.05, 4.69) is 27.7 Å². The maximum absolute atomic E-state index is 14.7. The molecule has 2 aliphatic heterocycles. The van der Waals surface area contributed by atoms with Crippen molar-refractivity contribution in [2.45, 2.75) is 38.0 Å². The Kier molecular flexibility index (Phi) is 7.93. The van der Waals surface area contributed by atoms with Crippen LogP contribution in [0.4, 0.5) is 24.5 Å². The highest BCUT2D eigenvalue weighted by atomic mass is 19.2. The van der Waals surface area contributed by atoms with Crippen molar-refractivity contribution in [2.75, 3.05) is 38.0 Å². The molecule has 0 unspecified atom stereocenters. The minimum Gasteiger partial charge on any atom is -0.385 e. The molecule has 0 radical (unpaired) electrons. The normalized spacial score (nSPS) is 17.6. The van der Waals surface area contributed by atoms with Crippen molar-refractivity contribution in [3.63, 3.8) is 0 Å². The molecule has 0 bridgehead atoms. The highest BCUT2D eigenvalue weighted by Gasteiger charge is 2.44. The van der Waals surface area contributed by atoms with Crippen molar-refractivity contribution in [2.24, 2.45) is 0 Å². The first-order chi connectivity index (χ1) is 18.7. The van der Waals surface area contributed by atoms with Crippen LogP contribution >= 0.6 is 0 Å². The van der Waals surface area contributed by atoms with Gasteiger partial charge >= 0.3 is 0 Å². The number of β-amino-alcohol motifs (C(OH)–C–C–N with tert-alkyl or cyclic N) is 1. The van der Waals surface area contributed by atoms with E-state index in [1.54, 1.807) is 13.0 Å². The summed E-state index contributed by atoms with van der Waals surface area (Å²) in [5, 5.41) is 16.9. The molecule has 2 aliphatic rings. The Hall–Kier alpha value is -3.40. The first-order valence-corrected chi connectivity index (χ1v) is 13.2. The number of aliphatic hydroxyl groups is 1. The summed E-state index contributed by atoms with van der Waals surface area (Å²) in [7, 11) is 0. The molecule has 0 spiro atoms. The van der Waals surface area contributed by atoms with Gasteiger partial charge in [-0.3, -0.25) is 9.69 Å². The van der Waals surface area contributed by atoms with Gasteiger partial charge in [0.1, 0.15) is 11.4 Å². The van der Waals surface area contributed by atoms with E-state index in [0.717, 1.165) is 38.5 Å². The lowest BCUT2D eigenvalue weighted by molar-refractivity contribution is -0.0805. The van der Waals surface area contributed by atoms with E-state index >= 15 is 0 Å². The standard InChI is InChI=1S/C30H33F3N4O2/c1-20-7-10-26(25(32)15-20)35-28-23(8-9-24(31)27(28)33)29(38)37-18-30(39,19-37)17-34-22-11-13-36(14-12-22)16-21-5-3-2-4-6-21/h2-10,15,22,34-35,39H,11-14,16-19H2,1H3. The van der Waals surface area contributed by atoms with Crippen LogP contribution in [0.15, 0.2) is 60.7 Å². The lowest BCUT2D eigenvalue weighted by Crippen LogP contribution is -2.68. The van der Waals surface area contributed by atoms with Crippen molar-refractivity contribution in [1.82, 2.24) is 15.1 Å². The molecule has 3 N–H and O–H groups in total. The number of carbonyl (C=O) groups excluding carboxylic acids is 1. The zero-order chi connectivity index (χ0) is 27.6. The van der Waals surface area contributed by atoms with E-state index in [1.165, 1.54) is 28.7 Å². The minimum atomic E-state index is -1.27. The number of aryl methyl sites for hydroxylation is 1. The summed E-state index contributed by atoms with van der Waals surface area (Å²) in [6, 6.07) is 17.0. The third-order valence-corrected chi connectivity index (χ3v) is 7.52. The molecule has 1 amide bonds. The van der Waals surface area contributed by atoms with Crippen LogP contribution in [-0.2, 0) is 6.54 Å². The number of amides is 1. The number of halogens is 3. The number of nitrogens with zero attached hydrogens (tertiary/aromatic N) is 2. The average molecular weight is 539 g/mol. The SMILES string of the molecule is Cc1ccc(Nc2c(C(=O)N3CC(O)(CNC4CCN(Cc5ccccc5)CC4)C3)ccc(F)c2F)c(F)c1. The third-order valence-electron chi connectivity index (χ3n) is 7.52. The lowest BCUT2D eigenvalue weighted by atomic mass is 9.92. The maximum atomic E-state index is 14.7. The number of hydrogen-bond acceptors (Lipinski definition) is 5. The molecule has 3 aromatic rings. The highest BCUT2D eigenvalue weighted by molar-refractivity contribution is 6.01. The molecule has 2 saturated heterocycles. The number of anilines is 2. The molecular weight excluding hydrogens is 505 g/mol. The van der Waals surface area contributed by atoms with Crippen LogP contribution in [0.2, 0.25) is 0 Å². The molecule has 2 heterocycles. The maximum Gasteiger partial charge on any atom is 0.256 e. The van der Waals surface area contributed by atoms with Crippen LogP contribution in [0.3, 0.4) is 0 Å². The van der Waals surface area contributed by atoms with Gasteiger partial charge in [-0.15, -0.1) is 0 Å². The van der Waals surface area contributed by atoms with Gasteiger partial charge < -0.3 is 20.6 Å². The Morgan fingerprint density at radius 1 is 1.00 bits per heavy atom. The Morgan fingerprint density at radius 2 is 1.72 bits per heavy atom. The predicted molar refractivity (Wildman–Crippen MR) is 144 cm³/mol. The van der Waals surface area contributed by atoms with Gasteiger partial charge in [-0.05, 0) is 68.2 Å². The van der Waals surface area contributed by atoms with Crippen LogP contribution in [0.5, 0.6) is 0 Å². The summed E-state index contributed by atoms with van der Waals surface area (Å²) in [5.74, 6) is -3.63. The van der Waals surface area contributed by atoms with Gasteiger partial charge in [0, 0.05) is 19.1 Å². The van der Waals surface area contributed by atoms with E-state index in [4.69, 9.17) is 0 Å². The van der Waals surface area contributed by atoms with Gasteiger partial charge in [0.25, 0.3) is 5.91 Å². The zero-order valence-corrected chi connectivity index (χ0v) is 21.9. The molecule has 0 aliphatic carbocycles. The monoisotopic (exact) mass is 538 g/mol. The van der Waals surface area contributed by atoms with Gasteiger partial charge in [0.2, 0.25) is 0 Å². The van der Waals surface area contributed by atoms with Crippen molar-refractivity contribution in [3.05, 3.63) is 94.8 Å². The zero-order valence-electron chi connectivity index (χ0n) is 21.9. The first-order valence-electron chi connectivity index (χ1n) is 13.2. The van der Waals surface area contributed by atoms with E-state index in [9.17, 15) is 23.1 Å². The smallest absolute Gasteiger partial charge is 0.256 e. The quantitative estimate of drug-likeness (QED) is 0.391. The second-order valence-electron chi connectivity index (χ2n) is 10.7. The van der Waals surface area contributed by atoms with E-state index in [-0.39, 0.29) is 30.4 Å². The Bertz CT molecular complexity index is 1320. The molecule has 0 atom stereocenters. The fourth-order valence-corrected chi connectivity index (χ4v) is 5.27. The molecule has 0 aromatic heterocycles. The summed E-state index contributed by atoms with van der Waals surface area (Å²) in [4.78, 5) is 17.0. The summed E-state index contributed by atoms with van der Waals surface area (Å²) in [6.45, 7) is 5.00. The van der Waals surface area contributed by atoms with E-state index in [1.807, 2.05) is 18.2 Å². The summed E-state index contributed by atoms with van der Waals surface area (Å²) in [5.41, 5.74) is 0.221. The van der Waals surface area contributed by atoms with Crippen LogP contribution in [-0.4, -0.2) is 65.2 Å². The van der Waals surface area contributed by atoms with Crippen LogP contribution in [0.1, 0.15) is 34.3 Å². The van der Waals surface area contributed by atoms with Crippen LogP contribution in [0.25, 0.3) is 0 Å². The van der Waals surface area contributed by atoms with Gasteiger partial charge in [-0.1, -0.05) is 36.4 Å². The van der Waals surface area contributed by atoms with E-state index in [0.29, 0.717) is 12.1 Å². The summed E-state index contributed by atoms with van der Waals surface area (Å²) >= 11 is 0. The molecular formula is C30H33F3N4O2. The van der Waals surface area contributed by atoms with E-state index < -0.39 is 34.6 Å². The fraction of sp³-hybridized carbons (Fsp3) is 0.367. The number of benzene rings is 3. The van der Waals surface area contributed by atoms with Gasteiger partial charge in [0.05, 0.1) is 30.0 Å². The Labute approximate surface area is 226 Å². The van der Waals surface area contributed by atoms with Crippen molar-refractivity contribution < 1.29 is 23.1 Å². The van der Waals surface area contributed by atoms with Gasteiger partial charge in [0.15, 0.2) is 11.6 Å². The number of carbonyl (C=O) groups is 1. The Balaban J connectivity index is 1.15. The predicted octanol–water partition coefficient (Wildman–Crippen LogP) is 4.60. The Morgan fingerprint density at radius 3 is 2.41 bits per heavy atom. The first kappa shape index (κ1) is 27.2. The molecule has 6 nitrogen and oxygen atoms in total. The summed E-state index contributed by atoms with van der Waals surface area (Å²) in [6.07, 6.45) is 1.93. The van der Waals surface area contributed by atoms with Gasteiger partial charge in [-0.2, -0.15) is 0 Å². The minimum absolute atomic E-state index is 0.0585. The molecule has 206 valence electrons. The van der Waals surface area contributed by atoms with Crippen LogP contribution < -0.4 is 10.6 Å². The van der Waals surface area contributed by atoms with Crippen molar-refractivity contribution >= 4 is 17.3 Å². The molecule has 2 fully saturated rings. The van der Waals surface area contributed by atoms with Gasteiger partial charge in [-0.25, -0.2) is 13.2 Å². The number of piperidine rings is 1. The fourth-order valence-electron chi connectivity index (χ4n) is 5.27. The topological polar surface area (TPSA) is 67.8 Å². The summed E-state index contributed by atoms with van der Waals surface area (Å²) < 4.78 is 43.2. The molecule has 0 saturated carbocycles. The largest absolute Gasteiger partial charge is 0.385 e. The number of hydrogen-bond donors (Lipinski definition) is 3. The highest BCUT2D eigenvalue weighted by Crippen LogP contribution is 2.31. The van der Waals surface area contributed by atoms with Crippen LogP contribution in [0, 0.1) is 24.4 Å². The molecule has 39 heavy (non-hydrogen) atoms. The second-order valence-corrected chi connectivity index (χ2v) is 10.7. The number of nitrogens with one attached hydrogen (secondary N) is 2. The third kappa shape index (κ3) is 6.27. The average Bonchev–Trinajstić information content (AvgIpc) is 2.91.